The minimum atomic E-state index is -0.921. The summed E-state index contributed by atoms with van der Waals surface area (Å²) in [6.07, 6.45) is 3.86. The number of aliphatic hydroxyl groups is 2. The normalized spacial score (nSPS) is 15.8. The predicted octanol–water partition coefficient (Wildman–Crippen LogP) is 2.08. The molecular formula is C21H25N5O2. The summed E-state index contributed by atoms with van der Waals surface area (Å²) in [5.41, 5.74) is 4.88. The zero-order chi connectivity index (χ0) is 19.5. The zero-order valence-electron chi connectivity index (χ0n) is 16.0. The molecular weight excluding hydrogens is 354 g/mol. The average molecular weight is 379 g/mol. The number of nitrogens with zero attached hydrogens (tertiary/aromatic N) is 5. The van der Waals surface area contributed by atoms with Crippen molar-refractivity contribution in [1.82, 2.24) is 24.6 Å². The fraction of sp³-hybridized carbons (Fsp3) is 0.381. The van der Waals surface area contributed by atoms with Gasteiger partial charge in [0.05, 0.1) is 18.0 Å². The number of rotatable bonds is 5. The third-order valence-corrected chi connectivity index (χ3v) is 5.12. The van der Waals surface area contributed by atoms with E-state index in [1.165, 1.54) is 0 Å². The van der Waals surface area contributed by atoms with Crippen LogP contribution in [0.5, 0.6) is 0 Å². The van der Waals surface area contributed by atoms with Crippen LogP contribution in [0.3, 0.4) is 0 Å². The van der Waals surface area contributed by atoms with Gasteiger partial charge in [-0.15, -0.1) is 0 Å². The van der Waals surface area contributed by atoms with E-state index < -0.39 is 6.10 Å². The summed E-state index contributed by atoms with van der Waals surface area (Å²) in [6, 6.07) is 10.0. The Morgan fingerprint density at radius 1 is 1.14 bits per heavy atom. The largest absolute Gasteiger partial charge is 0.393 e. The van der Waals surface area contributed by atoms with Gasteiger partial charge in [0.2, 0.25) is 0 Å². The standard InChI is InChI=1S/C21H25N5O2/c1-15-5-2-3-6-18(15)21-22-10-16(11-23-21)12-25-7-4-8-26-17(13-25)9-19(24-26)20(28)14-27/h2-3,5-6,9-11,20,27-28H,4,7-8,12-14H2,1H3. The summed E-state index contributed by atoms with van der Waals surface area (Å²) in [7, 11) is 0. The van der Waals surface area contributed by atoms with Gasteiger partial charge in [0.15, 0.2) is 5.82 Å². The molecule has 2 N–H and O–H groups in total. The topological polar surface area (TPSA) is 87.3 Å². The highest BCUT2D eigenvalue weighted by molar-refractivity contribution is 5.59. The predicted molar refractivity (Wildman–Crippen MR) is 105 cm³/mol. The fourth-order valence-corrected chi connectivity index (χ4v) is 3.60. The van der Waals surface area contributed by atoms with Crippen molar-refractivity contribution in [2.24, 2.45) is 0 Å². The van der Waals surface area contributed by atoms with Crippen LogP contribution in [-0.2, 0) is 19.6 Å². The molecule has 0 saturated heterocycles. The van der Waals surface area contributed by atoms with Crippen molar-refractivity contribution in [3.8, 4) is 11.4 Å². The summed E-state index contributed by atoms with van der Waals surface area (Å²) in [4.78, 5) is 11.5. The highest BCUT2D eigenvalue weighted by Gasteiger charge is 2.19. The first-order valence-corrected chi connectivity index (χ1v) is 9.59. The molecule has 28 heavy (non-hydrogen) atoms. The molecule has 3 heterocycles. The van der Waals surface area contributed by atoms with E-state index in [2.05, 4.69) is 33.0 Å². The SMILES string of the molecule is Cc1ccccc1-c1ncc(CN2CCCn3nc(C(O)CO)cc3C2)cn1. The summed E-state index contributed by atoms with van der Waals surface area (Å²) < 4.78 is 1.94. The minimum Gasteiger partial charge on any atom is -0.393 e. The molecule has 1 aliphatic heterocycles. The monoisotopic (exact) mass is 379 g/mol. The molecule has 4 rings (SSSR count). The van der Waals surface area contributed by atoms with Crippen molar-refractivity contribution in [1.29, 1.82) is 0 Å². The lowest BCUT2D eigenvalue weighted by Crippen LogP contribution is -2.23. The van der Waals surface area contributed by atoms with Gasteiger partial charge in [-0.05, 0) is 25.0 Å². The number of aliphatic hydroxyl groups excluding tert-OH is 2. The van der Waals surface area contributed by atoms with Gasteiger partial charge in [0.1, 0.15) is 6.10 Å². The van der Waals surface area contributed by atoms with E-state index in [1.807, 2.05) is 41.3 Å². The summed E-state index contributed by atoms with van der Waals surface area (Å²) in [6.45, 7) is 5.02. The van der Waals surface area contributed by atoms with Gasteiger partial charge in [0, 0.05) is 49.7 Å². The van der Waals surface area contributed by atoms with Crippen LogP contribution >= 0.6 is 0 Å². The summed E-state index contributed by atoms with van der Waals surface area (Å²) >= 11 is 0. The quantitative estimate of drug-likeness (QED) is 0.706. The van der Waals surface area contributed by atoms with Crippen molar-refractivity contribution < 1.29 is 10.2 Å². The minimum absolute atomic E-state index is 0.315. The summed E-state index contributed by atoms with van der Waals surface area (Å²) in [5, 5.41) is 23.4. The lowest BCUT2D eigenvalue weighted by Gasteiger charge is -2.19. The first-order valence-electron chi connectivity index (χ1n) is 9.59. The number of benzene rings is 1. The maximum Gasteiger partial charge on any atom is 0.159 e. The Morgan fingerprint density at radius 3 is 2.68 bits per heavy atom. The Morgan fingerprint density at radius 2 is 1.93 bits per heavy atom. The molecule has 0 amide bonds. The highest BCUT2D eigenvalue weighted by atomic mass is 16.3. The van der Waals surface area contributed by atoms with E-state index in [0.29, 0.717) is 5.69 Å². The Kier molecular flexibility index (Phi) is 5.47. The molecule has 1 aliphatic rings. The van der Waals surface area contributed by atoms with Crippen molar-refractivity contribution >= 4 is 0 Å². The average Bonchev–Trinajstić information content (AvgIpc) is 3.01. The number of hydrogen-bond donors (Lipinski definition) is 2. The van der Waals surface area contributed by atoms with Gasteiger partial charge in [0.25, 0.3) is 0 Å². The van der Waals surface area contributed by atoms with Crippen molar-refractivity contribution in [2.45, 2.75) is 39.1 Å². The molecule has 0 spiro atoms. The van der Waals surface area contributed by atoms with Crippen LogP contribution in [0.2, 0.25) is 0 Å². The molecule has 0 saturated carbocycles. The van der Waals surface area contributed by atoms with E-state index in [0.717, 1.165) is 60.8 Å². The van der Waals surface area contributed by atoms with Gasteiger partial charge >= 0.3 is 0 Å². The van der Waals surface area contributed by atoms with Gasteiger partial charge < -0.3 is 10.2 Å². The third kappa shape index (κ3) is 3.96. The van der Waals surface area contributed by atoms with Gasteiger partial charge in [-0.1, -0.05) is 24.3 Å². The maximum absolute atomic E-state index is 9.83. The van der Waals surface area contributed by atoms with E-state index in [-0.39, 0.29) is 6.61 Å². The van der Waals surface area contributed by atoms with Crippen LogP contribution < -0.4 is 0 Å². The molecule has 7 heteroatoms. The lowest BCUT2D eigenvalue weighted by molar-refractivity contribution is 0.0916. The Hall–Kier alpha value is -2.61. The van der Waals surface area contributed by atoms with E-state index >= 15 is 0 Å². The first-order chi connectivity index (χ1) is 13.6. The summed E-state index contributed by atoms with van der Waals surface area (Å²) in [5.74, 6) is 0.749. The molecule has 3 aromatic rings. The second kappa shape index (κ2) is 8.18. The Balaban J connectivity index is 1.47. The Labute approximate surface area is 164 Å². The van der Waals surface area contributed by atoms with Crippen LogP contribution in [0, 0.1) is 6.92 Å². The van der Waals surface area contributed by atoms with Gasteiger partial charge in [-0.2, -0.15) is 5.10 Å². The number of hydrogen-bond acceptors (Lipinski definition) is 6. The van der Waals surface area contributed by atoms with E-state index in [4.69, 9.17) is 5.11 Å². The fourth-order valence-electron chi connectivity index (χ4n) is 3.60. The molecule has 0 bridgehead atoms. The van der Waals surface area contributed by atoms with Gasteiger partial charge in [-0.3, -0.25) is 9.58 Å². The van der Waals surface area contributed by atoms with Crippen LogP contribution in [-0.4, -0.2) is 48.0 Å². The zero-order valence-corrected chi connectivity index (χ0v) is 16.0. The molecule has 2 aromatic heterocycles. The lowest BCUT2D eigenvalue weighted by atomic mass is 10.1. The van der Waals surface area contributed by atoms with E-state index in [1.54, 1.807) is 0 Å². The van der Waals surface area contributed by atoms with Crippen LogP contribution in [0.25, 0.3) is 11.4 Å². The van der Waals surface area contributed by atoms with Crippen LogP contribution in [0.4, 0.5) is 0 Å². The molecule has 0 radical (unpaired) electrons. The smallest absolute Gasteiger partial charge is 0.159 e. The molecule has 1 aromatic carbocycles. The van der Waals surface area contributed by atoms with E-state index in [9.17, 15) is 5.11 Å². The molecule has 0 aliphatic carbocycles. The van der Waals surface area contributed by atoms with Crippen LogP contribution in [0.1, 0.15) is 35.0 Å². The highest BCUT2D eigenvalue weighted by Crippen LogP contribution is 2.21. The third-order valence-electron chi connectivity index (χ3n) is 5.12. The molecule has 0 fully saturated rings. The maximum atomic E-state index is 9.83. The second-order valence-corrected chi connectivity index (χ2v) is 7.28. The molecule has 7 nitrogen and oxygen atoms in total. The second-order valence-electron chi connectivity index (χ2n) is 7.28. The van der Waals surface area contributed by atoms with Crippen molar-refractivity contribution in [3.05, 3.63) is 65.2 Å². The Bertz CT molecular complexity index is 938. The van der Waals surface area contributed by atoms with Crippen LogP contribution in [0.15, 0.2) is 42.7 Å². The van der Waals surface area contributed by atoms with Crippen molar-refractivity contribution in [2.75, 3.05) is 13.2 Å². The number of aryl methyl sites for hydroxylation is 2. The molecule has 1 unspecified atom stereocenters. The first kappa shape index (κ1) is 18.7. The van der Waals surface area contributed by atoms with Crippen molar-refractivity contribution in [3.63, 3.8) is 0 Å². The molecule has 1 atom stereocenters. The van der Waals surface area contributed by atoms with Gasteiger partial charge in [-0.25, -0.2) is 9.97 Å². The molecule has 146 valence electrons. The number of aromatic nitrogens is 4. The number of fused-ring (bicyclic) bond motifs is 1.